The highest BCUT2D eigenvalue weighted by atomic mass is 16.1. The van der Waals surface area contributed by atoms with E-state index >= 15 is 0 Å². The molecule has 0 aliphatic rings. The Kier molecular flexibility index (Phi) is 2.74. The van der Waals surface area contributed by atoms with Crippen molar-refractivity contribution < 1.29 is 4.79 Å². The van der Waals surface area contributed by atoms with Crippen molar-refractivity contribution in [3.63, 3.8) is 0 Å². The summed E-state index contributed by atoms with van der Waals surface area (Å²) in [6, 6.07) is 6.18. The topological polar surface area (TPSA) is 30.0 Å². The number of carbonyl (C=O) groups excluding carboxylic acids is 1. The van der Waals surface area contributed by atoms with Crippen molar-refractivity contribution in [2.45, 2.75) is 33.1 Å². The molecular formula is C15H17NO. The molecule has 0 aliphatic heterocycles. The minimum absolute atomic E-state index is 0.0628. The summed E-state index contributed by atoms with van der Waals surface area (Å²) in [6.07, 6.45) is 2.57. The van der Waals surface area contributed by atoms with Gasteiger partial charge >= 0.3 is 0 Å². The van der Waals surface area contributed by atoms with Crippen LogP contribution in [0, 0.1) is 6.92 Å². The van der Waals surface area contributed by atoms with Crippen LogP contribution in [0.25, 0.3) is 10.9 Å². The van der Waals surface area contributed by atoms with Gasteiger partial charge in [-0.3, -0.25) is 9.78 Å². The first kappa shape index (κ1) is 11.8. The Bertz CT molecular complexity index is 579. The molecule has 2 heteroatoms. The average Bonchev–Trinajstić information content (AvgIpc) is 2.25. The molecule has 2 aromatic rings. The molecule has 0 bridgehead atoms. The number of carbonyl (C=O) groups is 1. The summed E-state index contributed by atoms with van der Waals surface area (Å²) in [5.41, 5.74) is 3.85. The molecule has 0 saturated carbocycles. The summed E-state index contributed by atoms with van der Waals surface area (Å²) in [4.78, 5) is 15.5. The summed E-state index contributed by atoms with van der Waals surface area (Å²) < 4.78 is 0. The fourth-order valence-electron chi connectivity index (χ4n) is 2.25. The van der Waals surface area contributed by atoms with Crippen LogP contribution in [0.1, 0.15) is 42.3 Å². The van der Waals surface area contributed by atoms with E-state index in [1.54, 1.807) is 6.20 Å². The number of pyridine rings is 1. The van der Waals surface area contributed by atoms with Gasteiger partial charge in [-0.1, -0.05) is 32.9 Å². The molecule has 0 spiro atoms. The van der Waals surface area contributed by atoms with Gasteiger partial charge in [0.05, 0.1) is 5.52 Å². The summed E-state index contributed by atoms with van der Waals surface area (Å²) in [5.74, 6) is 0. The third-order valence-corrected chi connectivity index (χ3v) is 2.93. The van der Waals surface area contributed by atoms with Crippen LogP contribution in [0.15, 0.2) is 24.4 Å². The summed E-state index contributed by atoms with van der Waals surface area (Å²) >= 11 is 0. The molecule has 0 atom stereocenters. The van der Waals surface area contributed by atoms with Crippen molar-refractivity contribution in [2.24, 2.45) is 0 Å². The minimum Gasteiger partial charge on any atom is -0.298 e. The first-order valence-corrected chi connectivity index (χ1v) is 5.78. The normalized spacial score (nSPS) is 11.8. The maximum Gasteiger partial charge on any atom is 0.151 e. The molecule has 0 saturated heterocycles. The van der Waals surface area contributed by atoms with Crippen LogP contribution in [0.2, 0.25) is 0 Å². The molecule has 0 N–H and O–H groups in total. The van der Waals surface area contributed by atoms with Crippen molar-refractivity contribution in [1.29, 1.82) is 0 Å². The number of nitrogens with zero attached hydrogens (tertiary/aromatic N) is 1. The number of rotatable bonds is 1. The van der Waals surface area contributed by atoms with Gasteiger partial charge in [0.1, 0.15) is 0 Å². The number of hydrogen-bond donors (Lipinski definition) is 0. The first-order valence-electron chi connectivity index (χ1n) is 5.78. The second kappa shape index (κ2) is 3.95. The zero-order chi connectivity index (χ0) is 12.6. The lowest BCUT2D eigenvalue weighted by atomic mass is 9.82. The number of hydrogen-bond acceptors (Lipinski definition) is 2. The van der Waals surface area contributed by atoms with Crippen LogP contribution < -0.4 is 0 Å². The SMILES string of the molecule is Cc1ccc2c(C(C)(C)C)c(C=O)cnc2c1. The summed E-state index contributed by atoms with van der Waals surface area (Å²) in [7, 11) is 0. The molecule has 1 heterocycles. The third kappa shape index (κ3) is 2.07. The van der Waals surface area contributed by atoms with Crippen LogP contribution >= 0.6 is 0 Å². The van der Waals surface area contributed by atoms with Gasteiger partial charge in [0.25, 0.3) is 0 Å². The highest BCUT2D eigenvalue weighted by molar-refractivity contribution is 5.91. The van der Waals surface area contributed by atoms with Crippen molar-refractivity contribution in [3.8, 4) is 0 Å². The number of aryl methyl sites for hydroxylation is 1. The molecule has 1 aromatic carbocycles. The van der Waals surface area contributed by atoms with Gasteiger partial charge in [0, 0.05) is 17.1 Å². The Morgan fingerprint density at radius 3 is 2.53 bits per heavy atom. The molecule has 0 radical (unpaired) electrons. The molecule has 1 aromatic heterocycles. The molecule has 0 amide bonds. The fraction of sp³-hybridized carbons (Fsp3) is 0.333. The number of fused-ring (bicyclic) bond motifs is 1. The molecule has 0 aliphatic carbocycles. The number of benzene rings is 1. The van der Waals surface area contributed by atoms with Crippen LogP contribution in [0.3, 0.4) is 0 Å². The van der Waals surface area contributed by atoms with E-state index in [0.29, 0.717) is 5.56 Å². The zero-order valence-electron chi connectivity index (χ0n) is 10.7. The van der Waals surface area contributed by atoms with Gasteiger partial charge in [-0.05, 0) is 29.5 Å². The average molecular weight is 227 g/mol. The third-order valence-electron chi connectivity index (χ3n) is 2.93. The van der Waals surface area contributed by atoms with E-state index in [2.05, 4.69) is 44.0 Å². The van der Waals surface area contributed by atoms with Crippen molar-refractivity contribution in [3.05, 3.63) is 41.1 Å². The van der Waals surface area contributed by atoms with Crippen LogP contribution in [-0.2, 0) is 5.41 Å². The van der Waals surface area contributed by atoms with Crippen molar-refractivity contribution in [1.82, 2.24) is 4.98 Å². The first-order chi connectivity index (χ1) is 7.93. The maximum atomic E-state index is 11.1. The van der Waals surface area contributed by atoms with Gasteiger partial charge in [0.2, 0.25) is 0 Å². The maximum absolute atomic E-state index is 11.1. The zero-order valence-corrected chi connectivity index (χ0v) is 10.7. The van der Waals surface area contributed by atoms with Crippen LogP contribution in [0.4, 0.5) is 0 Å². The van der Waals surface area contributed by atoms with E-state index in [-0.39, 0.29) is 5.41 Å². The van der Waals surface area contributed by atoms with E-state index in [4.69, 9.17) is 0 Å². The van der Waals surface area contributed by atoms with E-state index in [0.717, 1.165) is 22.8 Å². The molecule has 88 valence electrons. The lowest BCUT2D eigenvalue weighted by molar-refractivity contribution is 0.112. The molecule has 2 nitrogen and oxygen atoms in total. The number of aromatic nitrogens is 1. The molecular weight excluding hydrogens is 210 g/mol. The van der Waals surface area contributed by atoms with Gasteiger partial charge in [-0.25, -0.2) is 0 Å². The molecule has 0 unspecified atom stereocenters. The van der Waals surface area contributed by atoms with Crippen LogP contribution in [0.5, 0.6) is 0 Å². The molecule has 0 fully saturated rings. The predicted molar refractivity (Wildman–Crippen MR) is 70.6 cm³/mol. The van der Waals surface area contributed by atoms with E-state index in [1.165, 1.54) is 5.56 Å². The second-order valence-electron chi connectivity index (χ2n) is 5.48. The van der Waals surface area contributed by atoms with Crippen LogP contribution in [-0.4, -0.2) is 11.3 Å². The minimum atomic E-state index is -0.0628. The van der Waals surface area contributed by atoms with Gasteiger partial charge in [-0.2, -0.15) is 0 Å². The lowest BCUT2D eigenvalue weighted by Gasteiger charge is -2.23. The fourth-order valence-corrected chi connectivity index (χ4v) is 2.25. The van der Waals surface area contributed by atoms with E-state index < -0.39 is 0 Å². The molecule has 17 heavy (non-hydrogen) atoms. The lowest BCUT2D eigenvalue weighted by Crippen LogP contribution is -2.15. The summed E-state index contributed by atoms with van der Waals surface area (Å²) in [5, 5.41) is 1.08. The van der Waals surface area contributed by atoms with Gasteiger partial charge in [0.15, 0.2) is 6.29 Å². The Morgan fingerprint density at radius 1 is 1.24 bits per heavy atom. The number of aldehydes is 1. The van der Waals surface area contributed by atoms with Crippen molar-refractivity contribution in [2.75, 3.05) is 0 Å². The molecule has 2 rings (SSSR count). The Morgan fingerprint density at radius 2 is 1.94 bits per heavy atom. The van der Waals surface area contributed by atoms with E-state index in [9.17, 15) is 4.79 Å². The Balaban J connectivity index is 2.89. The Labute approximate surface area is 102 Å². The quantitative estimate of drug-likeness (QED) is 0.696. The Hall–Kier alpha value is -1.70. The van der Waals surface area contributed by atoms with E-state index in [1.807, 2.05) is 6.92 Å². The highest BCUT2D eigenvalue weighted by Gasteiger charge is 2.21. The van der Waals surface area contributed by atoms with Crippen molar-refractivity contribution >= 4 is 17.2 Å². The predicted octanol–water partition coefficient (Wildman–Crippen LogP) is 3.65. The highest BCUT2D eigenvalue weighted by Crippen LogP contribution is 2.31. The largest absolute Gasteiger partial charge is 0.298 e. The smallest absolute Gasteiger partial charge is 0.151 e. The summed E-state index contributed by atoms with van der Waals surface area (Å²) in [6.45, 7) is 8.41. The second-order valence-corrected chi connectivity index (χ2v) is 5.48. The monoisotopic (exact) mass is 227 g/mol. The van der Waals surface area contributed by atoms with Gasteiger partial charge in [-0.15, -0.1) is 0 Å². The standard InChI is InChI=1S/C15H17NO/c1-10-5-6-12-13(7-10)16-8-11(9-17)14(12)15(2,3)4/h5-9H,1-4H3. The van der Waals surface area contributed by atoms with Gasteiger partial charge < -0.3 is 0 Å².